The van der Waals surface area contributed by atoms with Crippen molar-refractivity contribution >= 4 is 36.6 Å². The van der Waals surface area contributed by atoms with Crippen LogP contribution in [0.1, 0.15) is 78.2 Å². The summed E-state index contributed by atoms with van der Waals surface area (Å²) >= 11 is 0. The van der Waals surface area contributed by atoms with Gasteiger partial charge in [0, 0.05) is 19.8 Å². The lowest BCUT2D eigenvalue weighted by molar-refractivity contribution is -0.137. The number of alkyl halides is 3. The van der Waals surface area contributed by atoms with Crippen molar-refractivity contribution in [1.29, 1.82) is 0 Å². The number of nitrogens with one attached hydrogen (secondary N) is 2. The third kappa shape index (κ3) is 7.69. The summed E-state index contributed by atoms with van der Waals surface area (Å²) < 4.78 is 71.5. The van der Waals surface area contributed by atoms with Gasteiger partial charge in [0.1, 0.15) is 17.1 Å². The maximum atomic E-state index is 14.2. The molecule has 0 unspecified atom stereocenters. The Morgan fingerprint density at radius 3 is 2.34 bits per heavy atom. The zero-order valence-corrected chi connectivity index (χ0v) is 27.5. The maximum absolute atomic E-state index is 14.2. The predicted molar refractivity (Wildman–Crippen MR) is 168 cm³/mol. The van der Waals surface area contributed by atoms with Gasteiger partial charge in [0.15, 0.2) is 0 Å². The molecule has 0 spiro atoms. The molecule has 0 saturated heterocycles. The number of amides is 1. The first-order chi connectivity index (χ1) is 22.4. The fraction of sp³-hybridized carbons (Fsp3) is 0.484. The Kier molecular flexibility index (Phi) is 10.4. The number of aromatic nitrogens is 3. The van der Waals surface area contributed by atoms with Crippen LogP contribution in [0.5, 0.6) is 5.88 Å². The first-order valence-corrected chi connectivity index (χ1v) is 17.1. The first kappa shape index (κ1) is 34.6. The number of benzene rings is 1. The van der Waals surface area contributed by atoms with Crippen LogP contribution in [0.25, 0.3) is 0 Å². The van der Waals surface area contributed by atoms with Crippen molar-refractivity contribution in [2.45, 2.75) is 70.4 Å². The minimum absolute atomic E-state index is 0.0531. The number of anilines is 4. The highest BCUT2D eigenvalue weighted by molar-refractivity contribution is 7.53. The van der Waals surface area contributed by atoms with Gasteiger partial charge < -0.3 is 34.4 Å². The Labute approximate surface area is 270 Å². The van der Waals surface area contributed by atoms with Gasteiger partial charge >= 0.3 is 13.8 Å². The topological polar surface area (TPSA) is 148 Å². The number of nitrogens with zero attached hydrogens (tertiary/aromatic N) is 4. The maximum Gasteiger partial charge on any atom is 0.421 e. The zero-order valence-electron chi connectivity index (χ0n) is 26.6. The average Bonchev–Trinajstić information content (AvgIpc) is 3.32. The van der Waals surface area contributed by atoms with Crippen molar-refractivity contribution in [3.05, 3.63) is 58.4 Å². The second kappa shape index (κ2) is 14.1. The smallest absolute Gasteiger partial charge is 0.421 e. The molecule has 0 radical (unpaired) electrons. The van der Waals surface area contributed by atoms with Crippen LogP contribution in [-0.2, 0) is 32.5 Å². The summed E-state index contributed by atoms with van der Waals surface area (Å²) in [5, 5.41) is 15.6. The summed E-state index contributed by atoms with van der Waals surface area (Å²) in [4.78, 5) is 27.2. The van der Waals surface area contributed by atoms with Gasteiger partial charge in [-0.1, -0.05) is 6.07 Å². The summed E-state index contributed by atoms with van der Waals surface area (Å²) in [5.74, 6) is -0.861. The van der Waals surface area contributed by atoms with Gasteiger partial charge in [-0.25, -0.2) is 9.97 Å². The van der Waals surface area contributed by atoms with Gasteiger partial charge in [0.25, 0.3) is 5.91 Å². The number of carbonyl (C=O) groups excluding carboxylic acids is 1. The number of hydrogen-bond acceptors (Lipinski definition) is 11. The fourth-order valence-corrected chi connectivity index (χ4v) is 7.60. The van der Waals surface area contributed by atoms with E-state index in [1.165, 1.54) is 12.0 Å². The largest absolute Gasteiger partial charge is 0.480 e. The van der Waals surface area contributed by atoms with Gasteiger partial charge in [0.2, 0.25) is 11.8 Å². The number of aliphatic hydroxyl groups excluding tert-OH is 1. The van der Waals surface area contributed by atoms with Crippen molar-refractivity contribution in [2.24, 2.45) is 0 Å². The Hall–Kier alpha value is -3.78. The second-order valence-electron chi connectivity index (χ2n) is 11.4. The molecule has 47 heavy (non-hydrogen) atoms. The summed E-state index contributed by atoms with van der Waals surface area (Å²) in [5.41, 5.74) is 1.70. The van der Waals surface area contributed by atoms with E-state index in [2.05, 4.69) is 25.6 Å². The van der Waals surface area contributed by atoms with Gasteiger partial charge in [-0.2, -0.15) is 18.2 Å². The molecule has 1 amide bonds. The normalized spacial score (nSPS) is 18.3. The van der Waals surface area contributed by atoms with Crippen LogP contribution in [0.3, 0.4) is 0 Å². The number of halogens is 3. The molecule has 1 aliphatic heterocycles. The number of rotatable bonds is 12. The van der Waals surface area contributed by atoms with E-state index >= 15 is 0 Å². The van der Waals surface area contributed by atoms with Crippen LogP contribution in [0, 0.1) is 0 Å². The van der Waals surface area contributed by atoms with Crippen LogP contribution < -0.4 is 15.4 Å². The van der Waals surface area contributed by atoms with Crippen molar-refractivity contribution in [1.82, 2.24) is 19.9 Å². The fourth-order valence-electron chi connectivity index (χ4n) is 5.98. The Morgan fingerprint density at radius 2 is 1.70 bits per heavy atom. The van der Waals surface area contributed by atoms with E-state index in [1.54, 1.807) is 39.1 Å². The Morgan fingerprint density at radius 1 is 1.02 bits per heavy atom. The number of aliphatic hydroxyl groups is 1. The molecular weight excluding hydrogens is 640 g/mol. The van der Waals surface area contributed by atoms with Gasteiger partial charge in [-0.05, 0) is 74.8 Å². The lowest BCUT2D eigenvalue weighted by Crippen LogP contribution is -2.18. The number of ether oxygens (including phenoxy) is 1. The van der Waals surface area contributed by atoms with Gasteiger partial charge in [0.05, 0.1) is 49.5 Å². The molecule has 3 aromatic rings. The van der Waals surface area contributed by atoms with E-state index in [4.69, 9.17) is 13.8 Å². The van der Waals surface area contributed by atoms with Crippen LogP contribution in [0.15, 0.2) is 30.5 Å². The highest BCUT2D eigenvalue weighted by Crippen LogP contribution is 2.51. The number of fused-ring (bicyclic) bond motifs is 1. The third-order valence-electron chi connectivity index (χ3n) is 8.15. The number of carbonyl (C=O) groups is 1. The number of methoxy groups -OCH3 is 1. The van der Waals surface area contributed by atoms with Crippen LogP contribution >= 0.6 is 7.60 Å². The van der Waals surface area contributed by atoms with Crippen LogP contribution in [-0.4, -0.2) is 64.3 Å². The monoisotopic (exact) mass is 678 g/mol. The minimum Gasteiger partial charge on any atom is -0.480 e. The third-order valence-corrected chi connectivity index (χ3v) is 10.2. The first-order valence-electron chi connectivity index (χ1n) is 15.3. The van der Waals surface area contributed by atoms with Crippen molar-refractivity contribution in [2.75, 3.05) is 38.0 Å². The van der Waals surface area contributed by atoms with E-state index in [-0.39, 0.29) is 60.5 Å². The van der Waals surface area contributed by atoms with Crippen molar-refractivity contribution in [3.8, 4) is 5.88 Å². The summed E-state index contributed by atoms with van der Waals surface area (Å²) in [7, 11) is -0.454. The Balaban J connectivity index is 1.46. The molecule has 16 heteroatoms. The van der Waals surface area contributed by atoms with E-state index in [0.29, 0.717) is 36.8 Å². The minimum atomic E-state index is -4.80. The van der Waals surface area contributed by atoms with E-state index in [0.717, 1.165) is 24.0 Å². The highest BCUT2D eigenvalue weighted by atomic mass is 31.2. The van der Waals surface area contributed by atoms with E-state index < -0.39 is 25.2 Å². The molecule has 12 nitrogen and oxygen atoms in total. The highest BCUT2D eigenvalue weighted by Gasteiger charge is 2.37. The van der Waals surface area contributed by atoms with Gasteiger partial charge in [-0.3, -0.25) is 9.36 Å². The van der Waals surface area contributed by atoms with Crippen LogP contribution in [0.4, 0.5) is 36.3 Å². The predicted octanol–water partition coefficient (Wildman–Crippen LogP) is 6.76. The molecule has 254 valence electrons. The average molecular weight is 679 g/mol. The molecule has 2 aliphatic rings. The molecule has 1 saturated carbocycles. The van der Waals surface area contributed by atoms with Gasteiger partial charge in [-0.15, -0.1) is 0 Å². The molecule has 3 N–H and O–H groups in total. The standard InChI is InChI=1S/C31H38F3N6O6P/c1-5-45-47(43,46-6-2)17-19-9-13-25(28(36-19)44-4)38-30-35-15-23(31(32,33)34)27(39-30)37-24-14-12-21(18-7-10-20(41)11-8-18)22-16-40(3)29(42)26(22)24/h9,12-15,18,20,41H,5-8,10-11,16-17H2,1-4H3,(H2,35,37,38,39)/t18-,20-. The molecule has 0 bridgehead atoms. The molecular formula is C31H38F3N6O6P. The molecule has 2 aromatic heterocycles. The van der Waals surface area contributed by atoms with Crippen molar-refractivity contribution in [3.63, 3.8) is 0 Å². The van der Waals surface area contributed by atoms with E-state index in [1.807, 2.05) is 6.07 Å². The number of hydrogen-bond donors (Lipinski definition) is 3. The molecule has 3 heterocycles. The Bertz CT molecular complexity index is 1660. The molecule has 1 aromatic carbocycles. The molecule has 0 atom stereocenters. The summed E-state index contributed by atoms with van der Waals surface area (Å²) in [6, 6.07) is 6.55. The van der Waals surface area contributed by atoms with E-state index in [9.17, 15) is 27.6 Å². The summed E-state index contributed by atoms with van der Waals surface area (Å²) in [6.45, 7) is 4.08. The van der Waals surface area contributed by atoms with Crippen molar-refractivity contribution < 1.29 is 41.4 Å². The number of pyridine rings is 1. The zero-order chi connectivity index (χ0) is 33.9. The quantitative estimate of drug-likeness (QED) is 0.175. The SMILES string of the molecule is CCOP(=O)(Cc1ccc(Nc2ncc(C(F)(F)F)c(Nc3ccc([C@H]4CC[C@H](O)CC4)c4c3C(=O)N(C)C4)n2)c(OC)n1)OCC. The lowest BCUT2D eigenvalue weighted by atomic mass is 9.80. The lowest BCUT2D eigenvalue weighted by Gasteiger charge is -2.27. The molecule has 1 aliphatic carbocycles. The molecule has 1 fully saturated rings. The second-order valence-corrected chi connectivity index (χ2v) is 13.4. The van der Waals surface area contributed by atoms with Crippen LogP contribution in [0.2, 0.25) is 0 Å². The molecule has 5 rings (SSSR count). The summed E-state index contributed by atoms with van der Waals surface area (Å²) in [6.07, 6.45) is -1.79.